The molecule has 1 aliphatic rings. The van der Waals surface area contributed by atoms with Crippen molar-refractivity contribution in [3.05, 3.63) is 65.7 Å². The second kappa shape index (κ2) is 8.13. The zero-order chi connectivity index (χ0) is 19.4. The van der Waals surface area contributed by atoms with Crippen LogP contribution in [0.3, 0.4) is 0 Å². The second-order valence-corrected chi connectivity index (χ2v) is 7.12. The molecule has 0 aliphatic heterocycles. The topological polar surface area (TPSA) is 38.8 Å². The first kappa shape index (κ1) is 19.4. The molecule has 0 aromatic heterocycles. The minimum atomic E-state index is -0.971. The third-order valence-electron chi connectivity index (χ3n) is 5.54. The monoisotopic (exact) mass is 367 g/mol. The maximum atomic E-state index is 14.0. The largest absolute Gasteiger partial charge is 0.496 e. The maximum Gasteiger partial charge on any atom is 0.240 e. The van der Waals surface area contributed by atoms with E-state index in [1.165, 1.54) is 0 Å². The number of hydrogen-bond acceptors (Lipinski definition) is 3. The quantitative estimate of drug-likeness (QED) is 0.707. The van der Waals surface area contributed by atoms with E-state index in [1.54, 1.807) is 7.11 Å². The normalized spacial score (nSPS) is 17.0. The Hall–Kier alpha value is -2.33. The third-order valence-corrected chi connectivity index (χ3v) is 5.54. The lowest BCUT2D eigenvalue weighted by Gasteiger charge is -2.41. The molecule has 2 atom stereocenters. The molecule has 0 saturated heterocycles. The summed E-state index contributed by atoms with van der Waals surface area (Å²) in [5.74, 6) is 0.757. The zero-order valence-electron chi connectivity index (χ0n) is 16.6. The standard InChI is InChI=1S/C23H29NO3/c1-5-27-17(2)23(18-11-7-6-8-12-18,22(25)24(3)19-15-16-19)20-13-9-10-14-21(20)26-4/h6-14,17,19H,5,15-16H2,1-4H3. The van der Waals surface area contributed by atoms with Crippen LogP contribution in [0.1, 0.15) is 37.8 Å². The highest BCUT2D eigenvalue weighted by Crippen LogP contribution is 2.44. The first-order valence-corrected chi connectivity index (χ1v) is 9.65. The number of carbonyl (C=O) groups is 1. The molecule has 27 heavy (non-hydrogen) atoms. The van der Waals surface area contributed by atoms with Gasteiger partial charge in [-0.1, -0.05) is 48.5 Å². The number of amides is 1. The molecule has 0 spiro atoms. The molecular formula is C23H29NO3. The predicted octanol–water partition coefficient (Wildman–Crippen LogP) is 4.03. The van der Waals surface area contributed by atoms with Gasteiger partial charge in [0.15, 0.2) is 0 Å². The minimum Gasteiger partial charge on any atom is -0.496 e. The fourth-order valence-corrected chi connectivity index (χ4v) is 3.97. The number of nitrogens with zero attached hydrogens (tertiary/aromatic N) is 1. The molecule has 2 aromatic carbocycles. The summed E-state index contributed by atoms with van der Waals surface area (Å²) in [6, 6.07) is 18.0. The van der Waals surface area contributed by atoms with Crippen LogP contribution < -0.4 is 4.74 Å². The van der Waals surface area contributed by atoms with Crippen LogP contribution in [0.5, 0.6) is 5.75 Å². The molecule has 1 aliphatic carbocycles. The molecule has 4 heteroatoms. The summed E-state index contributed by atoms with van der Waals surface area (Å²) < 4.78 is 11.8. The fraction of sp³-hybridized carbons (Fsp3) is 0.435. The van der Waals surface area contributed by atoms with Gasteiger partial charge in [0.2, 0.25) is 5.91 Å². The lowest BCUT2D eigenvalue weighted by molar-refractivity contribution is -0.140. The Labute approximate surface area is 162 Å². The molecule has 1 fully saturated rings. The molecule has 144 valence electrons. The fourth-order valence-electron chi connectivity index (χ4n) is 3.97. The van der Waals surface area contributed by atoms with Gasteiger partial charge in [0, 0.05) is 25.3 Å². The van der Waals surface area contributed by atoms with Gasteiger partial charge in [0.1, 0.15) is 11.2 Å². The van der Waals surface area contributed by atoms with Crippen molar-refractivity contribution in [3.8, 4) is 5.75 Å². The van der Waals surface area contributed by atoms with Gasteiger partial charge < -0.3 is 14.4 Å². The van der Waals surface area contributed by atoms with E-state index >= 15 is 0 Å². The van der Waals surface area contributed by atoms with E-state index in [0.29, 0.717) is 18.4 Å². The molecule has 1 saturated carbocycles. The van der Waals surface area contributed by atoms with Gasteiger partial charge in [-0.15, -0.1) is 0 Å². The Bertz CT molecular complexity index is 772. The number of carbonyl (C=O) groups excluding carboxylic acids is 1. The van der Waals surface area contributed by atoms with Crippen LogP contribution in [0.25, 0.3) is 0 Å². The maximum absolute atomic E-state index is 14.0. The number of rotatable bonds is 8. The molecular weight excluding hydrogens is 338 g/mol. The van der Waals surface area contributed by atoms with Crippen molar-refractivity contribution in [3.63, 3.8) is 0 Å². The Kier molecular flexibility index (Phi) is 5.85. The number of benzene rings is 2. The highest BCUT2D eigenvalue weighted by atomic mass is 16.5. The van der Waals surface area contributed by atoms with Gasteiger partial charge in [0.05, 0.1) is 13.2 Å². The van der Waals surface area contributed by atoms with Crippen LogP contribution in [0.2, 0.25) is 0 Å². The Morgan fingerprint density at radius 1 is 1.15 bits per heavy atom. The van der Waals surface area contributed by atoms with E-state index in [9.17, 15) is 4.79 Å². The predicted molar refractivity (Wildman–Crippen MR) is 107 cm³/mol. The third kappa shape index (κ3) is 3.46. The summed E-state index contributed by atoms with van der Waals surface area (Å²) in [5, 5.41) is 0. The highest BCUT2D eigenvalue weighted by Gasteiger charge is 2.52. The van der Waals surface area contributed by atoms with E-state index in [2.05, 4.69) is 0 Å². The number of para-hydroxylation sites is 1. The van der Waals surface area contributed by atoms with E-state index in [1.807, 2.05) is 80.4 Å². The molecule has 0 heterocycles. The van der Waals surface area contributed by atoms with Crippen LogP contribution in [0.4, 0.5) is 0 Å². The van der Waals surface area contributed by atoms with Crippen LogP contribution in [0.15, 0.2) is 54.6 Å². The van der Waals surface area contributed by atoms with Crippen LogP contribution in [0, 0.1) is 0 Å². The van der Waals surface area contributed by atoms with Gasteiger partial charge in [-0.2, -0.15) is 0 Å². The van der Waals surface area contributed by atoms with Crippen molar-refractivity contribution in [2.45, 2.75) is 44.2 Å². The Balaban J connectivity index is 2.29. The van der Waals surface area contributed by atoms with Gasteiger partial charge >= 0.3 is 0 Å². The zero-order valence-corrected chi connectivity index (χ0v) is 16.6. The van der Waals surface area contributed by atoms with Gasteiger partial charge in [-0.3, -0.25) is 4.79 Å². The molecule has 2 aromatic rings. The van der Waals surface area contributed by atoms with Gasteiger partial charge in [-0.25, -0.2) is 0 Å². The average Bonchev–Trinajstić information content (AvgIpc) is 3.54. The SMILES string of the molecule is CCOC(C)C(C(=O)N(C)C1CC1)(c1ccccc1)c1ccccc1OC. The van der Waals surface area contributed by atoms with Crippen LogP contribution in [-0.2, 0) is 14.9 Å². The number of likely N-dealkylation sites (N-methyl/N-ethyl adjacent to an activating group) is 1. The van der Waals surface area contributed by atoms with E-state index in [0.717, 1.165) is 24.0 Å². The summed E-state index contributed by atoms with van der Waals surface area (Å²) in [7, 11) is 3.56. The smallest absolute Gasteiger partial charge is 0.240 e. The van der Waals surface area contributed by atoms with Crippen LogP contribution in [-0.4, -0.2) is 43.7 Å². The van der Waals surface area contributed by atoms with E-state index < -0.39 is 5.41 Å². The Morgan fingerprint density at radius 2 is 1.78 bits per heavy atom. The highest BCUT2D eigenvalue weighted by molar-refractivity contribution is 5.94. The number of ether oxygens (including phenoxy) is 2. The molecule has 2 unspecified atom stereocenters. The number of hydrogen-bond donors (Lipinski definition) is 0. The summed E-state index contributed by atoms with van der Waals surface area (Å²) in [5.41, 5.74) is 0.798. The molecule has 3 rings (SSSR count). The summed E-state index contributed by atoms with van der Waals surface area (Å²) >= 11 is 0. The van der Waals surface area contributed by atoms with Gasteiger partial charge in [0.25, 0.3) is 0 Å². The molecule has 4 nitrogen and oxygen atoms in total. The molecule has 1 amide bonds. The van der Waals surface area contributed by atoms with Crippen molar-refractivity contribution in [1.29, 1.82) is 0 Å². The lowest BCUT2D eigenvalue weighted by atomic mass is 9.69. The summed E-state index contributed by atoms with van der Waals surface area (Å²) in [6.45, 7) is 4.48. The molecule has 0 N–H and O–H groups in total. The second-order valence-electron chi connectivity index (χ2n) is 7.12. The van der Waals surface area contributed by atoms with Crippen molar-refractivity contribution < 1.29 is 14.3 Å². The average molecular weight is 367 g/mol. The van der Waals surface area contributed by atoms with Crippen molar-refractivity contribution in [2.24, 2.45) is 0 Å². The number of methoxy groups -OCH3 is 1. The first-order valence-electron chi connectivity index (χ1n) is 9.65. The van der Waals surface area contributed by atoms with Crippen molar-refractivity contribution in [1.82, 2.24) is 4.90 Å². The van der Waals surface area contributed by atoms with E-state index in [-0.39, 0.29) is 12.0 Å². The van der Waals surface area contributed by atoms with Crippen molar-refractivity contribution >= 4 is 5.91 Å². The molecule has 0 radical (unpaired) electrons. The Morgan fingerprint density at radius 3 is 2.37 bits per heavy atom. The minimum absolute atomic E-state index is 0.0571. The first-order chi connectivity index (χ1) is 13.1. The van der Waals surface area contributed by atoms with E-state index in [4.69, 9.17) is 9.47 Å². The van der Waals surface area contributed by atoms with Crippen molar-refractivity contribution in [2.75, 3.05) is 20.8 Å². The summed E-state index contributed by atoms with van der Waals surface area (Å²) in [6.07, 6.45) is 1.76. The van der Waals surface area contributed by atoms with Crippen LogP contribution >= 0.6 is 0 Å². The van der Waals surface area contributed by atoms with Gasteiger partial charge in [-0.05, 0) is 38.3 Å². The molecule has 0 bridgehead atoms. The lowest BCUT2D eigenvalue weighted by Crippen LogP contribution is -2.54. The summed E-state index contributed by atoms with van der Waals surface area (Å²) in [4.78, 5) is 15.9.